The molecule has 0 fully saturated rings. The standard InChI is InChI=1S/C19H26NO6P/c1-3-4-5-8-14-25-19(21)15(2)20(26-27(22,23)24)18-13-9-11-16-10-6-7-12-17(16)18/h6-7,9-13,15H,3-5,8,14H2,1-2H3,(H2,22,23,24)/t15-/m0/s1. The summed E-state index contributed by atoms with van der Waals surface area (Å²) in [5.74, 6) is -0.604. The van der Waals surface area contributed by atoms with Gasteiger partial charge in [0, 0.05) is 5.39 Å². The fourth-order valence-corrected chi connectivity index (χ4v) is 3.21. The smallest absolute Gasteiger partial charge is 0.464 e. The van der Waals surface area contributed by atoms with Gasteiger partial charge in [0.05, 0.1) is 12.3 Å². The van der Waals surface area contributed by atoms with Crippen molar-refractivity contribution in [1.82, 2.24) is 0 Å². The molecule has 8 heteroatoms. The van der Waals surface area contributed by atoms with Gasteiger partial charge in [-0.1, -0.05) is 62.6 Å². The summed E-state index contributed by atoms with van der Waals surface area (Å²) in [6, 6.07) is 11.5. The Labute approximate surface area is 159 Å². The zero-order chi connectivity index (χ0) is 19.9. The number of fused-ring (bicyclic) bond motifs is 1. The average molecular weight is 395 g/mol. The Morgan fingerprint density at radius 2 is 1.81 bits per heavy atom. The minimum Gasteiger partial charge on any atom is -0.464 e. The van der Waals surface area contributed by atoms with E-state index in [-0.39, 0.29) is 6.61 Å². The summed E-state index contributed by atoms with van der Waals surface area (Å²) < 4.78 is 21.6. The zero-order valence-electron chi connectivity index (χ0n) is 15.6. The minimum absolute atomic E-state index is 0.266. The second-order valence-electron chi connectivity index (χ2n) is 6.30. The van der Waals surface area contributed by atoms with E-state index in [1.54, 1.807) is 24.3 Å². The molecule has 1 atom stereocenters. The summed E-state index contributed by atoms with van der Waals surface area (Å²) in [5.41, 5.74) is 0.381. The molecule has 0 aromatic heterocycles. The van der Waals surface area contributed by atoms with E-state index >= 15 is 0 Å². The molecule has 0 saturated carbocycles. The van der Waals surface area contributed by atoms with Crippen LogP contribution < -0.4 is 5.06 Å². The van der Waals surface area contributed by atoms with Crippen LogP contribution in [-0.4, -0.2) is 28.4 Å². The van der Waals surface area contributed by atoms with Crippen molar-refractivity contribution in [2.24, 2.45) is 0 Å². The molecule has 0 saturated heterocycles. The maximum atomic E-state index is 12.4. The van der Waals surface area contributed by atoms with Crippen molar-refractivity contribution in [2.75, 3.05) is 11.7 Å². The second kappa shape index (κ2) is 9.85. The van der Waals surface area contributed by atoms with Crippen LogP contribution in [0.2, 0.25) is 0 Å². The van der Waals surface area contributed by atoms with Crippen LogP contribution in [0.3, 0.4) is 0 Å². The van der Waals surface area contributed by atoms with Gasteiger partial charge in [-0.3, -0.25) is 0 Å². The largest absolute Gasteiger partial charge is 0.491 e. The van der Waals surface area contributed by atoms with Crippen LogP contribution in [-0.2, 0) is 18.7 Å². The molecule has 148 valence electrons. The average Bonchev–Trinajstić information content (AvgIpc) is 2.64. The van der Waals surface area contributed by atoms with Gasteiger partial charge in [-0.25, -0.2) is 14.4 Å². The number of hydroxylamine groups is 1. The van der Waals surface area contributed by atoms with Crippen LogP contribution in [0.15, 0.2) is 42.5 Å². The Hall–Kier alpha value is -1.92. The minimum atomic E-state index is -4.88. The summed E-state index contributed by atoms with van der Waals surface area (Å²) >= 11 is 0. The van der Waals surface area contributed by atoms with Gasteiger partial charge in [0.2, 0.25) is 0 Å². The first kappa shape index (κ1) is 21.4. The number of carbonyl (C=O) groups is 1. The number of unbranched alkanes of at least 4 members (excludes halogenated alkanes) is 3. The molecule has 0 aliphatic carbocycles. The fourth-order valence-electron chi connectivity index (χ4n) is 2.76. The number of phosphoric acid groups is 1. The third-order valence-electron chi connectivity index (χ3n) is 4.13. The predicted octanol–water partition coefficient (Wildman–Crippen LogP) is 4.18. The monoisotopic (exact) mass is 395 g/mol. The zero-order valence-corrected chi connectivity index (χ0v) is 16.5. The summed E-state index contributed by atoms with van der Waals surface area (Å²) in [6.07, 6.45) is 3.86. The molecule has 0 amide bonds. The van der Waals surface area contributed by atoms with Gasteiger partial charge < -0.3 is 14.5 Å². The van der Waals surface area contributed by atoms with Crippen LogP contribution in [0, 0.1) is 0 Å². The van der Waals surface area contributed by atoms with E-state index in [0.717, 1.165) is 36.1 Å². The molecular formula is C19H26NO6P. The molecule has 2 N–H and O–H groups in total. The summed E-state index contributed by atoms with van der Waals surface area (Å²) in [4.78, 5) is 31.1. The van der Waals surface area contributed by atoms with Gasteiger partial charge in [0.15, 0.2) is 6.04 Å². The number of ether oxygens (including phenoxy) is 1. The number of benzene rings is 2. The maximum Gasteiger partial charge on any atom is 0.491 e. The van der Waals surface area contributed by atoms with E-state index in [4.69, 9.17) is 9.36 Å². The lowest BCUT2D eigenvalue weighted by Gasteiger charge is -2.29. The maximum absolute atomic E-state index is 12.4. The molecule has 2 aromatic rings. The normalized spacial score (nSPS) is 12.7. The van der Waals surface area contributed by atoms with Crippen LogP contribution in [0.25, 0.3) is 10.8 Å². The van der Waals surface area contributed by atoms with Crippen molar-refractivity contribution < 1.29 is 28.5 Å². The first-order chi connectivity index (χ1) is 12.8. The van der Waals surface area contributed by atoms with E-state index in [1.165, 1.54) is 6.92 Å². The lowest BCUT2D eigenvalue weighted by atomic mass is 10.1. The van der Waals surface area contributed by atoms with Gasteiger partial charge in [0.1, 0.15) is 0 Å². The topological polar surface area (TPSA) is 96.3 Å². The molecule has 2 rings (SSSR count). The highest BCUT2D eigenvalue weighted by Gasteiger charge is 2.31. The van der Waals surface area contributed by atoms with E-state index in [1.807, 2.05) is 18.2 Å². The van der Waals surface area contributed by atoms with Gasteiger partial charge in [0.25, 0.3) is 0 Å². The second-order valence-corrected chi connectivity index (χ2v) is 7.44. The molecule has 0 bridgehead atoms. The van der Waals surface area contributed by atoms with Crippen molar-refractivity contribution in [1.29, 1.82) is 0 Å². The number of hydrogen-bond acceptors (Lipinski definition) is 5. The summed E-state index contributed by atoms with van der Waals surface area (Å²) in [6.45, 7) is 3.85. The highest BCUT2D eigenvalue weighted by Crippen LogP contribution is 2.41. The Bertz CT molecular complexity index is 800. The number of hydrogen-bond donors (Lipinski definition) is 2. The molecule has 0 radical (unpaired) electrons. The summed E-state index contributed by atoms with van der Waals surface area (Å²) in [5, 5.41) is 2.50. The van der Waals surface area contributed by atoms with E-state index < -0.39 is 19.8 Å². The third kappa shape index (κ3) is 6.33. The van der Waals surface area contributed by atoms with Gasteiger partial charge >= 0.3 is 13.8 Å². The van der Waals surface area contributed by atoms with Crippen LogP contribution >= 0.6 is 7.82 Å². The predicted molar refractivity (Wildman–Crippen MR) is 104 cm³/mol. The van der Waals surface area contributed by atoms with Crippen LogP contribution in [0.5, 0.6) is 0 Å². The first-order valence-corrected chi connectivity index (χ1v) is 10.6. The lowest BCUT2D eigenvalue weighted by molar-refractivity contribution is -0.146. The molecule has 0 heterocycles. The van der Waals surface area contributed by atoms with Crippen molar-refractivity contribution in [3.05, 3.63) is 42.5 Å². The molecular weight excluding hydrogens is 369 g/mol. The van der Waals surface area contributed by atoms with Gasteiger partial charge in [-0.15, -0.1) is 0 Å². The van der Waals surface area contributed by atoms with E-state index in [9.17, 15) is 19.1 Å². The molecule has 0 spiro atoms. The van der Waals surface area contributed by atoms with Crippen molar-refractivity contribution in [2.45, 2.75) is 45.6 Å². The number of esters is 1. The highest BCUT2D eigenvalue weighted by molar-refractivity contribution is 7.46. The molecule has 0 aliphatic rings. The quantitative estimate of drug-likeness (QED) is 0.270. The van der Waals surface area contributed by atoms with Gasteiger partial charge in [-0.05, 0) is 24.8 Å². The van der Waals surface area contributed by atoms with Crippen LogP contribution in [0.1, 0.15) is 39.5 Å². The van der Waals surface area contributed by atoms with Crippen molar-refractivity contribution >= 4 is 30.3 Å². The fraction of sp³-hybridized carbons (Fsp3) is 0.421. The SMILES string of the molecule is CCCCCCOC(=O)[C@H](C)N(OP(=O)(O)O)c1cccc2ccccc12. The van der Waals surface area contributed by atoms with E-state index in [0.29, 0.717) is 11.1 Å². The lowest BCUT2D eigenvalue weighted by Crippen LogP contribution is -2.39. The van der Waals surface area contributed by atoms with Gasteiger partial charge in [-0.2, -0.15) is 4.62 Å². The molecule has 0 aliphatic heterocycles. The van der Waals surface area contributed by atoms with Crippen LogP contribution in [0.4, 0.5) is 5.69 Å². The number of carbonyl (C=O) groups excluding carboxylic acids is 1. The van der Waals surface area contributed by atoms with Crippen molar-refractivity contribution in [3.63, 3.8) is 0 Å². The molecule has 0 unspecified atom stereocenters. The molecule has 7 nitrogen and oxygen atoms in total. The number of nitrogens with zero attached hydrogens (tertiary/aromatic N) is 1. The number of rotatable bonds is 10. The third-order valence-corrected chi connectivity index (χ3v) is 4.52. The van der Waals surface area contributed by atoms with E-state index in [2.05, 4.69) is 6.92 Å². The molecule has 27 heavy (non-hydrogen) atoms. The summed E-state index contributed by atoms with van der Waals surface area (Å²) in [7, 11) is -4.88. The Morgan fingerprint density at radius 3 is 2.52 bits per heavy atom. The van der Waals surface area contributed by atoms with Crippen molar-refractivity contribution in [3.8, 4) is 0 Å². The first-order valence-electron chi connectivity index (χ1n) is 9.02. The molecule has 2 aromatic carbocycles. The Morgan fingerprint density at radius 1 is 1.11 bits per heavy atom. The Kier molecular flexibility index (Phi) is 7.80. The number of anilines is 1. The Balaban J connectivity index is 2.23. The highest BCUT2D eigenvalue weighted by atomic mass is 31.2.